The number of hydrogen-bond acceptors (Lipinski definition) is 6. The topological polar surface area (TPSA) is 73.0 Å². The predicted molar refractivity (Wildman–Crippen MR) is 129 cm³/mol. The van der Waals surface area contributed by atoms with Gasteiger partial charge in [-0.1, -0.05) is 0 Å². The summed E-state index contributed by atoms with van der Waals surface area (Å²) in [5, 5.41) is 10.1. The third kappa shape index (κ3) is 5.70. The first-order valence-corrected chi connectivity index (χ1v) is 9.86. The molecule has 0 saturated carbocycles. The van der Waals surface area contributed by atoms with E-state index in [2.05, 4.69) is 16.0 Å². The largest absolute Gasteiger partial charge is 0.497 e. The molecule has 7 nitrogen and oxygen atoms in total. The van der Waals surface area contributed by atoms with Crippen LogP contribution in [-0.4, -0.2) is 33.6 Å². The SMILES string of the molecule is COc1ccc(Nc2ccc(NC(=S)Nc3cc(OC)c(OC)c(OC)c3)cc2)cc1. The summed E-state index contributed by atoms with van der Waals surface area (Å²) in [5.74, 6) is 2.43. The molecule has 0 atom stereocenters. The average molecular weight is 440 g/mol. The fourth-order valence-electron chi connectivity index (χ4n) is 2.92. The second kappa shape index (κ2) is 10.4. The van der Waals surface area contributed by atoms with Gasteiger partial charge in [0, 0.05) is 34.9 Å². The van der Waals surface area contributed by atoms with E-state index in [4.69, 9.17) is 31.2 Å². The van der Waals surface area contributed by atoms with Crippen LogP contribution in [-0.2, 0) is 0 Å². The number of anilines is 4. The highest BCUT2D eigenvalue weighted by molar-refractivity contribution is 7.80. The third-order valence-electron chi connectivity index (χ3n) is 4.44. The summed E-state index contributed by atoms with van der Waals surface area (Å²) in [6, 6.07) is 19.1. The van der Waals surface area contributed by atoms with Crippen molar-refractivity contribution in [3.05, 3.63) is 60.7 Å². The van der Waals surface area contributed by atoms with Gasteiger partial charge in [0.25, 0.3) is 0 Å². The predicted octanol–water partition coefficient (Wildman–Crippen LogP) is 5.27. The normalized spacial score (nSPS) is 10.1. The van der Waals surface area contributed by atoms with Crippen molar-refractivity contribution in [2.24, 2.45) is 0 Å². The van der Waals surface area contributed by atoms with E-state index in [9.17, 15) is 0 Å². The van der Waals surface area contributed by atoms with Crippen LogP contribution in [0.2, 0.25) is 0 Å². The van der Waals surface area contributed by atoms with Crippen molar-refractivity contribution in [1.29, 1.82) is 0 Å². The van der Waals surface area contributed by atoms with Crippen molar-refractivity contribution < 1.29 is 18.9 Å². The first-order chi connectivity index (χ1) is 15.1. The zero-order chi connectivity index (χ0) is 22.2. The molecule has 0 bridgehead atoms. The van der Waals surface area contributed by atoms with Crippen molar-refractivity contribution >= 4 is 40.1 Å². The lowest BCUT2D eigenvalue weighted by atomic mass is 10.2. The molecule has 162 valence electrons. The number of hydrogen-bond donors (Lipinski definition) is 3. The van der Waals surface area contributed by atoms with Gasteiger partial charge in [-0.25, -0.2) is 0 Å². The smallest absolute Gasteiger partial charge is 0.203 e. The Bertz CT molecular complexity index is 999. The summed E-state index contributed by atoms with van der Waals surface area (Å²) in [6.07, 6.45) is 0. The summed E-state index contributed by atoms with van der Waals surface area (Å²) in [7, 11) is 6.35. The number of thiocarbonyl (C=S) groups is 1. The maximum Gasteiger partial charge on any atom is 0.203 e. The molecule has 3 aromatic rings. The Labute approximate surface area is 187 Å². The fraction of sp³-hybridized carbons (Fsp3) is 0.174. The highest BCUT2D eigenvalue weighted by atomic mass is 32.1. The monoisotopic (exact) mass is 439 g/mol. The van der Waals surface area contributed by atoms with Crippen molar-refractivity contribution in [3.8, 4) is 23.0 Å². The van der Waals surface area contributed by atoms with Gasteiger partial charge in [-0.15, -0.1) is 0 Å². The Hall–Kier alpha value is -3.65. The molecule has 0 heterocycles. The van der Waals surface area contributed by atoms with Crippen LogP contribution in [0.5, 0.6) is 23.0 Å². The highest BCUT2D eigenvalue weighted by Crippen LogP contribution is 2.40. The van der Waals surface area contributed by atoms with E-state index in [0.29, 0.717) is 28.0 Å². The van der Waals surface area contributed by atoms with E-state index in [1.165, 1.54) is 0 Å². The van der Waals surface area contributed by atoms with E-state index in [-0.39, 0.29) is 0 Å². The summed E-state index contributed by atoms with van der Waals surface area (Å²) in [5.41, 5.74) is 3.50. The Morgan fingerprint density at radius 1 is 0.613 bits per heavy atom. The van der Waals surface area contributed by atoms with E-state index >= 15 is 0 Å². The fourth-order valence-corrected chi connectivity index (χ4v) is 3.16. The minimum Gasteiger partial charge on any atom is -0.497 e. The molecular formula is C23H25N3O4S. The van der Waals surface area contributed by atoms with Gasteiger partial charge < -0.3 is 34.9 Å². The molecule has 3 rings (SSSR count). The molecule has 0 unspecified atom stereocenters. The molecule has 3 N–H and O–H groups in total. The van der Waals surface area contributed by atoms with E-state index in [0.717, 1.165) is 22.8 Å². The molecule has 0 aliphatic carbocycles. The summed E-state index contributed by atoms with van der Waals surface area (Å²) in [6.45, 7) is 0. The molecule has 0 fully saturated rings. The standard InChI is InChI=1S/C23H25N3O4S/c1-27-19-11-9-16(10-12-19)24-15-5-7-17(8-6-15)25-23(31)26-18-13-20(28-2)22(30-4)21(14-18)29-3/h5-14,24H,1-4H3,(H2,25,26,31). The lowest BCUT2D eigenvalue weighted by Gasteiger charge is -2.16. The molecule has 0 radical (unpaired) electrons. The Morgan fingerprint density at radius 2 is 1.10 bits per heavy atom. The molecule has 3 aromatic carbocycles. The molecule has 0 aliphatic heterocycles. The quantitative estimate of drug-likeness (QED) is 0.410. The van der Waals surface area contributed by atoms with Crippen LogP contribution in [0.25, 0.3) is 0 Å². The highest BCUT2D eigenvalue weighted by Gasteiger charge is 2.13. The molecule has 0 aromatic heterocycles. The van der Waals surface area contributed by atoms with Crippen molar-refractivity contribution in [1.82, 2.24) is 0 Å². The van der Waals surface area contributed by atoms with Gasteiger partial charge in [-0.3, -0.25) is 0 Å². The minimum absolute atomic E-state index is 0.435. The van der Waals surface area contributed by atoms with Gasteiger partial charge in [-0.2, -0.15) is 0 Å². The first-order valence-electron chi connectivity index (χ1n) is 9.45. The van der Waals surface area contributed by atoms with Gasteiger partial charge in [0.1, 0.15) is 5.75 Å². The molecule has 8 heteroatoms. The van der Waals surface area contributed by atoms with Crippen molar-refractivity contribution in [2.75, 3.05) is 44.4 Å². The first kappa shape index (κ1) is 22.0. The van der Waals surface area contributed by atoms with Crippen molar-refractivity contribution in [2.45, 2.75) is 0 Å². The lowest BCUT2D eigenvalue weighted by molar-refractivity contribution is 0.324. The number of benzene rings is 3. The van der Waals surface area contributed by atoms with Crippen molar-refractivity contribution in [3.63, 3.8) is 0 Å². The van der Waals surface area contributed by atoms with E-state index in [1.54, 1.807) is 40.6 Å². The molecule has 0 aliphatic rings. The lowest BCUT2D eigenvalue weighted by Crippen LogP contribution is -2.19. The van der Waals surface area contributed by atoms with Crippen LogP contribution in [0.15, 0.2) is 60.7 Å². The zero-order valence-corrected chi connectivity index (χ0v) is 18.6. The number of nitrogens with one attached hydrogen (secondary N) is 3. The molecule has 0 spiro atoms. The molecule has 31 heavy (non-hydrogen) atoms. The maximum absolute atomic E-state index is 5.44. The minimum atomic E-state index is 0.435. The van der Waals surface area contributed by atoms with Crippen LogP contribution >= 0.6 is 12.2 Å². The third-order valence-corrected chi connectivity index (χ3v) is 4.65. The van der Waals surface area contributed by atoms with Gasteiger partial charge >= 0.3 is 0 Å². The second-order valence-electron chi connectivity index (χ2n) is 6.42. The summed E-state index contributed by atoms with van der Waals surface area (Å²) in [4.78, 5) is 0. The Morgan fingerprint density at radius 3 is 1.58 bits per heavy atom. The maximum atomic E-state index is 5.44. The molecular weight excluding hydrogens is 414 g/mol. The van der Waals surface area contributed by atoms with E-state index in [1.807, 2.05) is 48.5 Å². The van der Waals surface area contributed by atoms with Crippen LogP contribution in [0.4, 0.5) is 22.7 Å². The molecule has 0 saturated heterocycles. The zero-order valence-electron chi connectivity index (χ0n) is 17.8. The van der Waals surface area contributed by atoms with Gasteiger partial charge in [0.05, 0.1) is 28.4 Å². The van der Waals surface area contributed by atoms with Crippen LogP contribution in [0.1, 0.15) is 0 Å². The van der Waals surface area contributed by atoms with Gasteiger partial charge in [0.15, 0.2) is 16.6 Å². The summed E-state index contributed by atoms with van der Waals surface area (Å²) < 4.78 is 21.3. The summed E-state index contributed by atoms with van der Waals surface area (Å²) >= 11 is 5.44. The van der Waals surface area contributed by atoms with Gasteiger partial charge in [0.2, 0.25) is 5.75 Å². The van der Waals surface area contributed by atoms with Crippen LogP contribution in [0.3, 0.4) is 0 Å². The number of rotatable bonds is 8. The number of methoxy groups -OCH3 is 4. The Balaban J connectivity index is 1.63. The van der Waals surface area contributed by atoms with Gasteiger partial charge in [-0.05, 0) is 60.7 Å². The Kier molecular flexibility index (Phi) is 7.40. The van der Waals surface area contributed by atoms with Crippen LogP contribution in [0, 0.1) is 0 Å². The van der Waals surface area contributed by atoms with Crippen LogP contribution < -0.4 is 34.9 Å². The second-order valence-corrected chi connectivity index (χ2v) is 6.83. The average Bonchev–Trinajstić information content (AvgIpc) is 2.80. The van der Waals surface area contributed by atoms with E-state index < -0.39 is 0 Å². The number of ether oxygens (including phenoxy) is 4. The molecule has 0 amide bonds.